The molecule has 2 atom stereocenters. The summed E-state index contributed by atoms with van der Waals surface area (Å²) in [7, 11) is -3.17. The zero-order valence-electron chi connectivity index (χ0n) is 9.60. The SMILES string of the molecule is Cc1ccc(S(=O)(=O)[C@H]2CNC[C@H]2C)cc1. The van der Waals surface area contributed by atoms with Gasteiger partial charge in [0.1, 0.15) is 0 Å². The minimum Gasteiger partial charge on any atom is -0.315 e. The van der Waals surface area contributed by atoms with Crippen molar-refractivity contribution in [3.05, 3.63) is 29.8 Å². The second-order valence-electron chi connectivity index (χ2n) is 4.53. The second kappa shape index (κ2) is 4.18. The lowest BCUT2D eigenvalue weighted by atomic mass is 10.1. The van der Waals surface area contributed by atoms with Crippen LogP contribution in [0.2, 0.25) is 0 Å². The fraction of sp³-hybridized carbons (Fsp3) is 0.500. The number of hydrogen-bond acceptors (Lipinski definition) is 3. The third kappa shape index (κ3) is 1.99. The van der Waals surface area contributed by atoms with Gasteiger partial charge in [0.15, 0.2) is 9.84 Å². The van der Waals surface area contributed by atoms with Crippen LogP contribution in [-0.2, 0) is 9.84 Å². The molecule has 0 spiro atoms. The third-order valence-corrected chi connectivity index (χ3v) is 5.55. The van der Waals surface area contributed by atoms with Gasteiger partial charge in [-0.3, -0.25) is 0 Å². The van der Waals surface area contributed by atoms with E-state index in [4.69, 9.17) is 0 Å². The quantitative estimate of drug-likeness (QED) is 0.848. The monoisotopic (exact) mass is 239 g/mol. The first-order valence-electron chi connectivity index (χ1n) is 5.53. The molecule has 1 heterocycles. The van der Waals surface area contributed by atoms with Crippen molar-refractivity contribution in [2.45, 2.75) is 24.0 Å². The molecule has 16 heavy (non-hydrogen) atoms. The van der Waals surface area contributed by atoms with E-state index in [-0.39, 0.29) is 11.2 Å². The maximum absolute atomic E-state index is 12.3. The summed E-state index contributed by atoms with van der Waals surface area (Å²) in [4.78, 5) is 0.443. The summed E-state index contributed by atoms with van der Waals surface area (Å²) in [6.07, 6.45) is 0. The molecule has 0 amide bonds. The molecule has 0 unspecified atom stereocenters. The summed E-state index contributed by atoms with van der Waals surface area (Å²) in [5.41, 5.74) is 1.08. The molecule has 0 aromatic heterocycles. The average molecular weight is 239 g/mol. The van der Waals surface area contributed by atoms with Crippen molar-refractivity contribution in [3.63, 3.8) is 0 Å². The van der Waals surface area contributed by atoms with Crippen LogP contribution in [0.15, 0.2) is 29.2 Å². The first-order valence-corrected chi connectivity index (χ1v) is 7.08. The van der Waals surface area contributed by atoms with Gasteiger partial charge >= 0.3 is 0 Å². The Labute approximate surface area is 96.8 Å². The third-order valence-electron chi connectivity index (χ3n) is 3.19. The van der Waals surface area contributed by atoms with Gasteiger partial charge < -0.3 is 5.32 Å². The van der Waals surface area contributed by atoms with Gasteiger partial charge in [0, 0.05) is 6.54 Å². The Hall–Kier alpha value is -0.870. The highest BCUT2D eigenvalue weighted by Gasteiger charge is 2.35. The summed E-state index contributed by atoms with van der Waals surface area (Å²) in [5.74, 6) is 0.186. The molecule has 1 N–H and O–H groups in total. The topological polar surface area (TPSA) is 46.2 Å². The van der Waals surface area contributed by atoms with Gasteiger partial charge in [-0.1, -0.05) is 24.6 Å². The maximum Gasteiger partial charge on any atom is 0.182 e. The molecule has 4 heteroatoms. The Bertz CT molecular complexity index is 464. The highest BCUT2D eigenvalue weighted by Crippen LogP contribution is 2.24. The summed E-state index contributed by atoms with van der Waals surface area (Å²) in [5, 5.41) is 2.85. The van der Waals surface area contributed by atoms with Gasteiger partial charge in [-0.25, -0.2) is 8.42 Å². The van der Waals surface area contributed by atoms with Crippen LogP contribution in [0, 0.1) is 12.8 Å². The Kier molecular flexibility index (Phi) is 3.04. The fourth-order valence-electron chi connectivity index (χ4n) is 2.10. The van der Waals surface area contributed by atoms with Crippen molar-refractivity contribution in [1.82, 2.24) is 5.32 Å². The van der Waals surface area contributed by atoms with E-state index in [0.29, 0.717) is 11.4 Å². The predicted octanol–water partition coefficient (Wildman–Crippen LogP) is 1.38. The maximum atomic E-state index is 12.3. The normalized spacial score (nSPS) is 25.9. The largest absolute Gasteiger partial charge is 0.315 e. The van der Waals surface area contributed by atoms with E-state index >= 15 is 0 Å². The molecule has 0 saturated carbocycles. The zero-order valence-corrected chi connectivity index (χ0v) is 10.4. The average Bonchev–Trinajstić information content (AvgIpc) is 2.66. The molecule has 1 aromatic rings. The lowest BCUT2D eigenvalue weighted by Gasteiger charge is -2.15. The Balaban J connectivity index is 2.35. The number of benzene rings is 1. The van der Waals surface area contributed by atoms with E-state index in [2.05, 4.69) is 5.32 Å². The number of aryl methyl sites for hydroxylation is 1. The van der Waals surface area contributed by atoms with Crippen molar-refractivity contribution < 1.29 is 8.42 Å². The molecule has 0 bridgehead atoms. The molecule has 2 rings (SSSR count). The van der Waals surface area contributed by atoms with E-state index in [1.165, 1.54) is 0 Å². The number of hydrogen-bond donors (Lipinski definition) is 1. The van der Waals surface area contributed by atoms with Crippen molar-refractivity contribution in [2.75, 3.05) is 13.1 Å². The van der Waals surface area contributed by atoms with E-state index in [9.17, 15) is 8.42 Å². The zero-order chi connectivity index (χ0) is 11.8. The lowest BCUT2D eigenvalue weighted by molar-refractivity contribution is 0.559. The van der Waals surface area contributed by atoms with Crippen LogP contribution in [0.3, 0.4) is 0 Å². The molecule has 3 nitrogen and oxygen atoms in total. The molecule has 0 radical (unpaired) electrons. The van der Waals surface area contributed by atoms with Crippen LogP contribution >= 0.6 is 0 Å². The van der Waals surface area contributed by atoms with Crippen molar-refractivity contribution in [2.24, 2.45) is 5.92 Å². The number of nitrogens with one attached hydrogen (secondary N) is 1. The molecular formula is C12H17NO2S. The minimum atomic E-state index is -3.17. The molecule has 1 aromatic carbocycles. The van der Waals surface area contributed by atoms with Gasteiger partial charge in [-0.05, 0) is 31.5 Å². The summed E-state index contributed by atoms with van der Waals surface area (Å²) in [6, 6.07) is 7.10. The van der Waals surface area contributed by atoms with Crippen molar-refractivity contribution in [3.8, 4) is 0 Å². The lowest BCUT2D eigenvalue weighted by Crippen LogP contribution is -2.28. The Morgan fingerprint density at radius 3 is 2.31 bits per heavy atom. The van der Waals surface area contributed by atoms with Crippen LogP contribution in [-0.4, -0.2) is 26.8 Å². The van der Waals surface area contributed by atoms with Crippen LogP contribution in [0.4, 0.5) is 0 Å². The second-order valence-corrected chi connectivity index (χ2v) is 6.70. The Morgan fingerprint density at radius 2 is 1.81 bits per heavy atom. The van der Waals surface area contributed by atoms with E-state index in [0.717, 1.165) is 12.1 Å². The van der Waals surface area contributed by atoms with Gasteiger partial charge in [-0.15, -0.1) is 0 Å². The highest BCUT2D eigenvalue weighted by atomic mass is 32.2. The van der Waals surface area contributed by atoms with E-state index in [1.807, 2.05) is 26.0 Å². The number of rotatable bonds is 2. The summed E-state index contributed by atoms with van der Waals surface area (Å²) in [6.45, 7) is 5.29. The van der Waals surface area contributed by atoms with Gasteiger partial charge in [0.2, 0.25) is 0 Å². The van der Waals surface area contributed by atoms with Gasteiger partial charge in [0.05, 0.1) is 10.1 Å². The summed E-state index contributed by atoms with van der Waals surface area (Å²) >= 11 is 0. The minimum absolute atomic E-state index is 0.186. The van der Waals surface area contributed by atoms with Crippen LogP contribution in [0.1, 0.15) is 12.5 Å². The predicted molar refractivity (Wildman–Crippen MR) is 64.2 cm³/mol. The molecule has 1 aliphatic heterocycles. The first-order chi connectivity index (χ1) is 7.51. The smallest absolute Gasteiger partial charge is 0.182 e. The van der Waals surface area contributed by atoms with Crippen LogP contribution in [0.25, 0.3) is 0 Å². The van der Waals surface area contributed by atoms with Gasteiger partial charge in [0.25, 0.3) is 0 Å². The fourth-order valence-corrected chi connectivity index (χ4v) is 4.01. The van der Waals surface area contributed by atoms with Crippen LogP contribution in [0.5, 0.6) is 0 Å². The summed E-state index contributed by atoms with van der Waals surface area (Å²) < 4.78 is 24.6. The highest BCUT2D eigenvalue weighted by molar-refractivity contribution is 7.92. The van der Waals surface area contributed by atoms with E-state index < -0.39 is 9.84 Å². The van der Waals surface area contributed by atoms with Crippen LogP contribution < -0.4 is 5.32 Å². The Morgan fingerprint density at radius 1 is 1.19 bits per heavy atom. The van der Waals surface area contributed by atoms with Gasteiger partial charge in [-0.2, -0.15) is 0 Å². The first kappa shape index (κ1) is 11.6. The molecular weight excluding hydrogens is 222 g/mol. The van der Waals surface area contributed by atoms with Crippen molar-refractivity contribution in [1.29, 1.82) is 0 Å². The van der Waals surface area contributed by atoms with Crippen molar-refractivity contribution >= 4 is 9.84 Å². The molecule has 1 saturated heterocycles. The molecule has 0 aliphatic carbocycles. The molecule has 1 fully saturated rings. The standard InChI is InChI=1S/C12H17NO2S/c1-9-3-5-11(6-4-9)16(14,15)12-8-13-7-10(12)2/h3-6,10,12-13H,7-8H2,1-2H3/t10-,12+/m1/s1. The molecule has 88 valence electrons. The van der Waals surface area contributed by atoms with E-state index in [1.54, 1.807) is 12.1 Å². The molecule has 1 aliphatic rings. The number of sulfone groups is 1.